The summed E-state index contributed by atoms with van der Waals surface area (Å²) in [6.07, 6.45) is 1.74. The number of benzene rings is 1. The largest absolute Gasteiger partial charge is 0.490 e. The van der Waals surface area contributed by atoms with Gasteiger partial charge in [0.25, 0.3) is 0 Å². The molecule has 0 bridgehead atoms. The molecule has 0 fully saturated rings. The molecule has 0 aliphatic carbocycles. The Morgan fingerprint density at radius 1 is 1.50 bits per heavy atom. The zero-order valence-corrected chi connectivity index (χ0v) is 9.62. The van der Waals surface area contributed by atoms with Crippen molar-refractivity contribution >= 4 is 0 Å². The summed E-state index contributed by atoms with van der Waals surface area (Å²) >= 11 is 0. The highest BCUT2D eigenvalue weighted by molar-refractivity contribution is 5.28. The molecule has 0 atom stereocenters. The minimum Gasteiger partial charge on any atom is -0.490 e. The molecule has 0 aromatic heterocycles. The van der Waals surface area contributed by atoms with Crippen LogP contribution in [0.15, 0.2) is 36.9 Å². The maximum absolute atomic E-state index is 5.45. The van der Waals surface area contributed by atoms with Gasteiger partial charge in [-0.05, 0) is 24.6 Å². The van der Waals surface area contributed by atoms with Gasteiger partial charge in [0.15, 0.2) is 0 Å². The smallest absolute Gasteiger partial charge is 0.120 e. The Morgan fingerprint density at radius 2 is 2.38 bits per heavy atom. The van der Waals surface area contributed by atoms with Crippen LogP contribution in [0.3, 0.4) is 0 Å². The fourth-order valence-corrected chi connectivity index (χ4v) is 1.26. The first-order valence-electron chi connectivity index (χ1n) is 5.29. The van der Waals surface area contributed by atoms with E-state index < -0.39 is 0 Å². The zero-order chi connectivity index (χ0) is 11.6. The molecule has 1 rings (SSSR count). The quantitative estimate of drug-likeness (QED) is 0.447. The second-order valence-corrected chi connectivity index (χ2v) is 3.28. The van der Waals surface area contributed by atoms with Crippen molar-refractivity contribution in [1.82, 2.24) is 5.32 Å². The number of hydrogen-bond donors (Lipinski definition) is 1. The molecule has 2 heteroatoms. The molecule has 0 saturated heterocycles. The molecule has 1 aromatic carbocycles. The third kappa shape index (κ3) is 4.68. The molecule has 1 aromatic rings. The van der Waals surface area contributed by atoms with Gasteiger partial charge >= 0.3 is 0 Å². The van der Waals surface area contributed by atoms with Crippen molar-refractivity contribution in [3.8, 4) is 17.6 Å². The second-order valence-electron chi connectivity index (χ2n) is 3.28. The van der Waals surface area contributed by atoms with Crippen molar-refractivity contribution in [2.45, 2.75) is 13.5 Å². The Kier molecular flexibility index (Phi) is 5.83. The van der Waals surface area contributed by atoms with Gasteiger partial charge < -0.3 is 10.1 Å². The lowest BCUT2D eigenvalue weighted by Crippen LogP contribution is -2.13. The summed E-state index contributed by atoms with van der Waals surface area (Å²) in [4.78, 5) is 0. The molecule has 0 heterocycles. The molecule has 16 heavy (non-hydrogen) atoms. The summed E-state index contributed by atoms with van der Waals surface area (Å²) in [5.74, 6) is 6.68. The van der Waals surface area contributed by atoms with Gasteiger partial charge in [-0.3, -0.25) is 0 Å². The van der Waals surface area contributed by atoms with E-state index >= 15 is 0 Å². The Labute approximate surface area is 97.3 Å². The van der Waals surface area contributed by atoms with Crippen LogP contribution in [0.2, 0.25) is 0 Å². The van der Waals surface area contributed by atoms with E-state index in [1.54, 1.807) is 6.08 Å². The highest BCUT2D eigenvalue weighted by atomic mass is 16.5. The average Bonchev–Trinajstić information content (AvgIpc) is 2.33. The first-order valence-corrected chi connectivity index (χ1v) is 5.29. The van der Waals surface area contributed by atoms with Crippen LogP contribution in [-0.4, -0.2) is 13.2 Å². The Hall–Kier alpha value is -1.72. The molecule has 2 nitrogen and oxygen atoms in total. The van der Waals surface area contributed by atoms with Crippen LogP contribution in [0, 0.1) is 11.8 Å². The first-order chi connectivity index (χ1) is 7.86. The lowest BCUT2D eigenvalue weighted by Gasteiger charge is -2.06. The van der Waals surface area contributed by atoms with E-state index in [4.69, 9.17) is 4.74 Å². The van der Waals surface area contributed by atoms with E-state index in [2.05, 4.69) is 29.8 Å². The van der Waals surface area contributed by atoms with Gasteiger partial charge in [-0.1, -0.05) is 30.7 Å². The Balaban J connectivity index is 2.45. The summed E-state index contributed by atoms with van der Waals surface area (Å²) in [6.45, 7) is 7.52. The van der Waals surface area contributed by atoms with Crippen LogP contribution in [-0.2, 0) is 6.54 Å². The van der Waals surface area contributed by atoms with Crippen LogP contribution in [0.5, 0.6) is 5.75 Å². The molecule has 0 aliphatic heterocycles. The fourth-order valence-electron chi connectivity index (χ4n) is 1.26. The van der Waals surface area contributed by atoms with Crippen molar-refractivity contribution in [2.75, 3.05) is 13.2 Å². The van der Waals surface area contributed by atoms with E-state index in [0.717, 1.165) is 12.3 Å². The number of nitrogens with one attached hydrogen (secondary N) is 1. The topological polar surface area (TPSA) is 21.3 Å². The van der Waals surface area contributed by atoms with Crippen LogP contribution in [0.25, 0.3) is 0 Å². The molecule has 0 aliphatic rings. The lowest BCUT2D eigenvalue weighted by atomic mass is 10.2. The molecule has 0 spiro atoms. The zero-order valence-electron chi connectivity index (χ0n) is 9.62. The molecule has 0 unspecified atom stereocenters. The molecule has 0 radical (unpaired) electrons. The molecular formula is C14H17NO. The van der Waals surface area contributed by atoms with Crippen LogP contribution in [0.4, 0.5) is 0 Å². The van der Waals surface area contributed by atoms with E-state index in [1.165, 1.54) is 5.56 Å². The standard InChI is InChI=1S/C14H17NO/c1-3-5-9-15-12-13-7-6-8-14(11-13)16-10-4-2/h4,6-8,11,15H,2,9-10,12H2,1H3. The summed E-state index contributed by atoms with van der Waals surface area (Å²) in [7, 11) is 0. The molecule has 1 N–H and O–H groups in total. The van der Waals surface area contributed by atoms with Crippen LogP contribution >= 0.6 is 0 Å². The minimum absolute atomic E-state index is 0.540. The Morgan fingerprint density at radius 3 is 3.12 bits per heavy atom. The van der Waals surface area contributed by atoms with Crippen molar-refractivity contribution in [3.63, 3.8) is 0 Å². The third-order valence-corrected chi connectivity index (χ3v) is 1.99. The van der Waals surface area contributed by atoms with Crippen LogP contribution in [0.1, 0.15) is 12.5 Å². The maximum Gasteiger partial charge on any atom is 0.120 e. The monoisotopic (exact) mass is 215 g/mol. The van der Waals surface area contributed by atoms with Gasteiger partial charge in [-0.25, -0.2) is 0 Å². The van der Waals surface area contributed by atoms with Gasteiger partial charge in [-0.15, -0.1) is 5.92 Å². The molecular weight excluding hydrogens is 198 g/mol. The van der Waals surface area contributed by atoms with E-state index in [0.29, 0.717) is 13.2 Å². The summed E-state index contributed by atoms with van der Waals surface area (Å²) in [5.41, 5.74) is 1.19. The van der Waals surface area contributed by atoms with Crippen molar-refractivity contribution in [1.29, 1.82) is 0 Å². The van der Waals surface area contributed by atoms with Crippen molar-refractivity contribution in [2.24, 2.45) is 0 Å². The average molecular weight is 215 g/mol. The predicted molar refractivity (Wildman–Crippen MR) is 67.3 cm³/mol. The lowest BCUT2D eigenvalue weighted by molar-refractivity contribution is 0.363. The summed E-state index contributed by atoms with van der Waals surface area (Å²) in [6, 6.07) is 8.02. The van der Waals surface area contributed by atoms with E-state index in [1.807, 2.05) is 25.1 Å². The van der Waals surface area contributed by atoms with Gasteiger partial charge in [-0.2, -0.15) is 0 Å². The third-order valence-electron chi connectivity index (χ3n) is 1.99. The van der Waals surface area contributed by atoms with Crippen LogP contribution < -0.4 is 10.1 Å². The molecule has 0 saturated carbocycles. The minimum atomic E-state index is 0.540. The van der Waals surface area contributed by atoms with Crippen molar-refractivity contribution in [3.05, 3.63) is 42.5 Å². The molecule has 84 valence electrons. The number of ether oxygens (including phenoxy) is 1. The normalized spacial score (nSPS) is 9.06. The Bertz CT molecular complexity index is 387. The van der Waals surface area contributed by atoms with Gasteiger partial charge in [0.2, 0.25) is 0 Å². The maximum atomic E-state index is 5.45. The summed E-state index contributed by atoms with van der Waals surface area (Å²) < 4.78 is 5.45. The van der Waals surface area contributed by atoms with Gasteiger partial charge in [0.1, 0.15) is 12.4 Å². The second kappa shape index (κ2) is 7.56. The SMILES string of the molecule is C=CCOc1cccc(CNCC#CC)c1. The first kappa shape index (κ1) is 12.4. The number of hydrogen-bond acceptors (Lipinski definition) is 2. The van der Waals surface area contributed by atoms with Crippen molar-refractivity contribution < 1.29 is 4.74 Å². The summed E-state index contributed by atoms with van der Waals surface area (Å²) in [5, 5.41) is 3.24. The van der Waals surface area contributed by atoms with Gasteiger partial charge in [0, 0.05) is 6.54 Å². The highest BCUT2D eigenvalue weighted by Crippen LogP contribution is 2.12. The number of rotatable bonds is 6. The highest BCUT2D eigenvalue weighted by Gasteiger charge is 1.95. The fraction of sp³-hybridized carbons (Fsp3) is 0.286. The molecule has 0 amide bonds. The predicted octanol–water partition coefficient (Wildman–Crippen LogP) is 2.36. The van der Waals surface area contributed by atoms with E-state index in [9.17, 15) is 0 Å². The van der Waals surface area contributed by atoms with E-state index in [-0.39, 0.29) is 0 Å². The van der Waals surface area contributed by atoms with Gasteiger partial charge in [0.05, 0.1) is 6.54 Å².